The van der Waals surface area contributed by atoms with Crippen molar-refractivity contribution in [1.82, 2.24) is 16.0 Å². The Morgan fingerprint density at radius 3 is 2.08 bits per heavy atom. The summed E-state index contributed by atoms with van der Waals surface area (Å²) >= 11 is 3.84. The third-order valence-electron chi connectivity index (χ3n) is 4.05. The zero-order valence-electron chi connectivity index (χ0n) is 15.6. The summed E-state index contributed by atoms with van der Waals surface area (Å²) in [6.07, 6.45) is 0.627. The first-order chi connectivity index (χ1) is 12.0. The van der Waals surface area contributed by atoms with E-state index in [0.29, 0.717) is 6.42 Å². The van der Waals surface area contributed by atoms with E-state index in [1.807, 2.05) is 6.92 Å². The number of carbonyl (C=O) groups is 4. The maximum atomic E-state index is 12.4. The molecule has 0 aliphatic carbocycles. The topological polar surface area (TPSA) is 151 Å². The van der Waals surface area contributed by atoms with Gasteiger partial charge in [-0.2, -0.15) is 12.6 Å². The predicted molar refractivity (Wildman–Crippen MR) is 101 cm³/mol. The largest absolute Gasteiger partial charge is 0.480 e. The van der Waals surface area contributed by atoms with E-state index in [9.17, 15) is 19.2 Å². The molecule has 0 spiro atoms. The maximum absolute atomic E-state index is 12.4. The number of carbonyl (C=O) groups excluding carboxylic acids is 3. The Bertz CT molecular complexity index is 515. The number of aliphatic carboxylic acids is 1. The predicted octanol–water partition coefficient (Wildman–Crippen LogP) is -0.884. The number of amides is 3. The van der Waals surface area contributed by atoms with Crippen LogP contribution in [0.3, 0.4) is 0 Å². The van der Waals surface area contributed by atoms with Gasteiger partial charge in [0.15, 0.2) is 0 Å². The van der Waals surface area contributed by atoms with Gasteiger partial charge in [-0.05, 0) is 11.8 Å². The molecule has 10 heteroatoms. The van der Waals surface area contributed by atoms with Crippen molar-refractivity contribution >= 4 is 36.3 Å². The number of hydrogen-bond donors (Lipinski definition) is 6. The Balaban J connectivity index is 4.82. The molecule has 9 nitrogen and oxygen atoms in total. The average molecular weight is 391 g/mol. The van der Waals surface area contributed by atoms with Gasteiger partial charge in [0, 0.05) is 5.75 Å². The van der Waals surface area contributed by atoms with Crippen LogP contribution in [0.25, 0.3) is 0 Å². The first-order valence-corrected chi connectivity index (χ1v) is 9.14. The van der Waals surface area contributed by atoms with Crippen LogP contribution in [0.15, 0.2) is 0 Å². The van der Waals surface area contributed by atoms with Crippen LogP contribution < -0.4 is 21.7 Å². The van der Waals surface area contributed by atoms with Crippen molar-refractivity contribution in [3.8, 4) is 0 Å². The number of rotatable bonds is 11. The van der Waals surface area contributed by atoms with E-state index < -0.39 is 48.4 Å². The van der Waals surface area contributed by atoms with Crippen molar-refractivity contribution < 1.29 is 24.3 Å². The molecule has 0 radical (unpaired) electrons. The van der Waals surface area contributed by atoms with Gasteiger partial charge in [0.25, 0.3) is 0 Å². The Morgan fingerprint density at radius 2 is 1.65 bits per heavy atom. The minimum absolute atomic E-state index is 0.0757. The molecule has 0 aromatic heterocycles. The maximum Gasteiger partial charge on any atom is 0.327 e. The standard InChI is InChI=1S/C16H30N4O5S/c1-5-9(4)13(20-14(22)12(17)8(2)3)15(23)18-6-11(21)19-10(7-26)16(24)25/h8-10,12-13,26H,5-7,17H2,1-4H3,(H,18,23)(H,19,21)(H,20,22)(H,24,25). The van der Waals surface area contributed by atoms with E-state index in [4.69, 9.17) is 10.8 Å². The minimum atomic E-state index is -1.22. The third kappa shape index (κ3) is 8.05. The van der Waals surface area contributed by atoms with Crippen molar-refractivity contribution in [2.45, 2.75) is 52.2 Å². The molecule has 0 aliphatic heterocycles. The van der Waals surface area contributed by atoms with E-state index >= 15 is 0 Å². The fourth-order valence-electron chi connectivity index (χ4n) is 1.96. The Kier molecular flexibility index (Phi) is 10.9. The lowest BCUT2D eigenvalue weighted by molar-refractivity contribution is -0.141. The molecule has 6 N–H and O–H groups in total. The van der Waals surface area contributed by atoms with Crippen molar-refractivity contribution in [2.24, 2.45) is 17.6 Å². The molecule has 0 aliphatic rings. The summed E-state index contributed by atoms with van der Waals surface area (Å²) in [6.45, 7) is 6.86. The highest BCUT2D eigenvalue weighted by molar-refractivity contribution is 7.80. The first kappa shape index (κ1) is 24.2. The molecule has 3 amide bonds. The molecular formula is C16H30N4O5S. The monoisotopic (exact) mass is 390 g/mol. The summed E-state index contributed by atoms with van der Waals surface area (Å²) in [4.78, 5) is 47.2. The minimum Gasteiger partial charge on any atom is -0.480 e. The number of carboxylic acid groups (broad SMARTS) is 1. The van der Waals surface area contributed by atoms with E-state index in [1.54, 1.807) is 20.8 Å². The first-order valence-electron chi connectivity index (χ1n) is 8.51. The number of nitrogens with one attached hydrogen (secondary N) is 3. The Morgan fingerprint density at radius 1 is 1.08 bits per heavy atom. The summed E-state index contributed by atoms with van der Waals surface area (Å²) in [6, 6.07) is -2.73. The van der Waals surface area contributed by atoms with Crippen molar-refractivity contribution in [3.63, 3.8) is 0 Å². The molecule has 0 rings (SSSR count). The Hall–Kier alpha value is -1.81. The SMILES string of the molecule is CCC(C)C(NC(=O)C(N)C(C)C)C(=O)NCC(=O)NC(CS)C(=O)O. The van der Waals surface area contributed by atoms with E-state index in [-0.39, 0.29) is 17.6 Å². The summed E-state index contributed by atoms with van der Waals surface area (Å²) < 4.78 is 0. The van der Waals surface area contributed by atoms with Gasteiger partial charge < -0.3 is 26.8 Å². The highest BCUT2D eigenvalue weighted by Crippen LogP contribution is 2.09. The summed E-state index contributed by atoms with van der Waals surface area (Å²) in [5, 5.41) is 16.2. The second-order valence-electron chi connectivity index (χ2n) is 6.50. The second-order valence-corrected chi connectivity index (χ2v) is 6.87. The summed E-state index contributed by atoms with van der Waals surface area (Å²) in [7, 11) is 0. The lowest BCUT2D eigenvalue weighted by atomic mass is 9.96. The molecule has 0 aromatic rings. The molecule has 150 valence electrons. The fourth-order valence-corrected chi connectivity index (χ4v) is 2.21. The van der Waals surface area contributed by atoms with Crippen LogP contribution in [-0.4, -0.2) is 59.2 Å². The molecule has 0 saturated carbocycles. The average Bonchev–Trinajstić information content (AvgIpc) is 2.59. The van der Waals surface area contributed by atoms with E-state index in [1.165, 1.54) is 0 Å². The van der Waals surface area contributed by atoms with Crippen LogP contribution in [0.5, 0.6) is 0 Å². The number of hydrogen-bond acceptors (Lipinski definition) is 6. The van der Waals surface area contributed by atoms with Gasteiger partial charge in [-0.15, -0.1) is 0 Å². The molecule has 0 aromatic carbocycles. The number of thiol groups is 1. The molecule has 0 heterocycles. The molecule has 0 fully saturated rings. The van der Waals surface area contributed by atoms with Gasteiger partial charge >= 0.3 is 5.97 Å². The van der Waals surface area contributed by atoms with Gasteiger partial charge in [-0.1, -0.05) is 34.1 Å². The molecule has 0 bridgehead atoms. The zero-order valence-corrected chi connectivity index (χ0v) is 16.5. The summed E-state index contributed by atoms with van der Waals surface area (Å²) in [5.74, 6) is -3.18. The van der Waals surface area contributed by atoms with Gasteiger partial charge in [-0.25, -0.2) is 4.79 Å². The highest BCUT2D eigenvalue weighted by Gasteiger charge is 2.29. The molecule has 4 atom stereocenters. The molecule has 4 unspecified atom stereocenters. The van der Waals surface area contributed by atoms with Crippen LogP contribution in [0.1, 0.15) is 34.1 Å². The number of carboxylic acids is 1. The van der Waals surface area contributed by atoms with Crippen molar-refractivity contribution in [3.05, 3.63) is 0 Å². The smallest absolute Gasteiger partial charge is 0.327 e. The van der Waals surface area contributed by atoms with Crippen LogP contribution in [0, 0.1) is 11.8 Å². The van der Waals surface area contributed by atoms with Gasteiger partial charge in [0.2, 0.25) is 17.7 Å². The Labute approximate surface area is 159 Å². The third-order valence-corrected chi connectivity index (χ3v) is 4.42. The van der Waals surface area contributed by atoms with Crippen LogP contribution >= 0.6 is 12.6 Å². The van der Waals surface area contributed by atoms with E-state index in [2.05, 4.69) is 28.6 Å². The summed E-state index contributed by atoms with van der Waals surface area (Å²) in [5.41, 5.74) is 5.80. The lowest BCUT2D eigenvalue weighted by Gasteiger charge is -2.26. The van der Waals surface area contributed by atoms with Crippen molar-refractivity contribution in [1.29, 1.82) is 0 Å². The molecule has 26 heavy (non-hydrogen) atoms. The van der Waals surface area contributed by atoms with Crippen LogP contribution in [0.2, 0.25) is 0 Å². The lowest BCUT2D eigenvalue weighted by Crippen LogP contribution is -2.56. The fraction of sp³-hybridized carbons (Fsp3) is 0.750. The molecule has 0 saturated heterocycles. The normalized spacial score (nSPS) is 15.5. The van der Waals surface area contributed by atoms with Gasteiger partial charge in [0.05, 0.1) is 12.6 Å². The zero-order chi connectivity index (χ0) is 20.4. The highest BCUT2D eigenvalue weighted by atomic mass is 32.1. The molecular weight excluding hydrogens is 360 g/mol. The van der Waals surface area contributed by atoms with Gasteiger partial charge in [0.1, 0.15) is 12.1 Å². The quantitative estimate of drug-likeness (QED) is 0.252. The second kappa shape index (κ2) is 11.7. The van der Waals surface area contributed by atoms with E-state index in [0.717, 1.165) is 0 Å². The van der Waals surface area contributed by atoms with Gasteiger partial charge in [-0.3, -0.25) is 14.4 Å². The van der Waals surface area contributed by atoms with Crippen molar-refractivity contribution in [2.75, 3.05) is 12.3 Å². The van der Waals surface area contributed by atoms with Crippen LogP contribution in [0.4, 0.5) is 0 Å². The number of nitrogens with two attached hydrogens (primary N) is 1. The van der Waals surface area contributed by atoms with Crippen LogP contribution in [-0.2, 0) is 19.2 Å².